The van der Waals surface area contributed by atoms with Crippen molar-refractivity contribution >= 4 is 17.6 Å². The van der Waals surface area contributed by atoms with Gasteiger partial charge in [0.05, 0.1) is 71.4 Å². The minimum absolute atomic E-state index is 0.0808. The number of nitrogens with two attached hydrogens (primary N) is 1. The van der Waals surface area contributed by atoms with Gasteiger partial charge in [-0.15, -0.1) is 0 Å². The Labute approximate surface area is 234 Å². The number of carboxylic acids is 1. The summed E-state index contributed by atoms with van der Waals surface area (Å²) in [5, 5.41) is 9.28. The number of pyridine rings is 2. The van der Waals surface area contributed by atoms with E-state index in [0.717, 1.165) is 5.69 Å². The van der Waals surface area contributed by atoms with Crippen LogP contribution >= 0.6 is 0 Å². The lowest BCUT2D eigenvalue weighted by molar-refractivity contribution is 0.00597. The smallest absolute Gasteiger partial charge is 0.356 e. The molecule has 13 heteroatoms. The Morgan fingerprint density at radius 3 is 1.80 bits per heavy atom. The number of hydrogen-bond acceptors (Lipinski definition) is 12. The van der Waals surface area contributed by atoms with Crippen LogP contribution in [0.3, 0.4) is 0 Å². The summed E-state index contributed by atoms with van der Waals surface area (Å²) in [5.41, 5.74) is 7.75. The molecule has 0 aliphatic carbocycles. The lowest BCUT2D eigenvalue weighted by Gasteiger charge is -2.23. The minimum Gasteiger partial charge on any atom is -0.477 e. The molecule has 1 aliphatic heterocycles. The van der Waals surface area contributed by atoms with Crippen LogP contribution < -0.4 is 5.73 Å². The fourth-order valence-corrected chi connectivity index (χ4v) is 4.00. The standard InChI is InChI=1S/C27H39N5O8/c1-36-27(35)24-4-2-3-22(29-24)19-31-5-9-37-13-15-39-11-7-32(8-12-40-16-14-38-10-6-31)20-23-17-21(28)18-25(30-23)26(33)34/h2-4,17-18H,5-16,19-20H2,1H3,(H2,28,30)(H,33,34). The van der Waals surface area contributed by atoms with Crippen molar-refractivity contribution in [2.75, 3.05) is 91.9 Å². The van der Waals surface area contributed by atoms with Gasteiger partial charge in [-0.3, -0.25) is 9.80 Å². The van der Waals surface area contributed by atoms with Crippen LogP contribution in [0.2, 0.25) is 0 Å². The predicted molar refractivity (Wildman–Crippen MR) is 145 cm³/mol. The van der Waals surface area contributed by atoms with Crippen LogP contribution in [0.15, 0.2) is 30.3 Å². The molecule has 220 valence electrons. The monoisotopic (exact) mass is 561 g/mol. The molecule has 0 atom stereocenters. The molecule has 1 aliphatic rings. The lowest BCUT2D eigenvalue weighted by atomic mass is 10.2. The topological polar surface area (TPSA) is 159 Å². The highest BCUT2D eigenvalue weighted by Gasteiger charge is 2.14. The van der Waals surface area contributed by atoms with Crippen molar-refractivity contribution in [3.8, 4) is 0 Å². The molecule has 3 N–H and O–H groups in total. The van der Waals surface area contributed by atoms with Gasteiger partial charge >= 0.3 is 11.9 Å². The number of hydrogen-bond donors (Lipinski definition) is 2. The van der Waals surface area contributed by atoms with Gasteiger partial charge in [-0.2, -0.15) is 0 Å². The first-order valence-electron chi connectivity index (χ1n) is 13.2. The van der Waals surface area contributed by atoms with Crippen LogP contribution in [0.1, 0.15) is 32.4 Å². The third-order valence-electron chi connectivity index (χ3n) is 6.04. The molecule has 0 amide bonds. The summed E-state index contributed by atoms with van der Waals surface area (Å²) >= 11 is 0. The van der Waals surface area contributed by atoms with Gasteiger partial charge in [0.25, 0.3) is 0 Å². The molecule has 3 heterocycles. The quantitative estimate of drug-likeness (QED) is 0.480. The molecule has 1 saturated heterocycles. The van der Waals surface area contributed by atoms with Crippen LogP contribution in [-0.2, 0) is 36.8 Å². The first-order chi connectivity index (χ1) is 19.4. The fraction of sp³-hybridized carbons (Fsp3) is 0.556. The highest BCUT2D eigenvalue weighted by Crippen LogP contribution is 2.11. The largest absolute Gasteiger partial charge is 0.477 e. The van der Waals surface area contributed by atoms with E-state index >= 15 is 0 Å². The molecule has 40 heavy (non-hydrogen) atoms. The molecule has 0 bridgehead atoms. The summed E-state index contributed by atoms with van der Waals surface area (Å²) in [7, 11) is 1.33. The molecule has 0 saturated carbocycles. The van der Waals surface area contributed by atoms with Crippen molar-refractivity contribution in [3.05, 3.63) is 53.1 Å². The minimum atomic E-state index is -1.12. The number of carboxylic acid groups (broad SMARTS) is 1. The molecule has 0 unspecified atom stereocenters. The second-order valence-electron chi connectivity index (χ2n) is 9.09. The number of methoxy groups -OCH3 is 1. The second kappa shape index (κ2) is 17.5. The van der Waals surface area contributed by atoms with Crippen LogP contribution in [0.25, 0.3) is 0 Å². The van der Waals surface area contributed by atoms with E-state index in [9.17, 15) is 14.7 Å². The van der Waals surface area contributed by atoms with Crippen LogP contribution in [-0.4, -0.2) is 123 Å². The van der Waals surface area contributed by atoms with Crippen LogP contribution in [0.4, 0.5) is 5.69 Å². The SMILES string of the molecule is COC(=O)c1cccc(CN2CCOCCOCCN(Cc3cc(N)cc(C(=O)O)n3)CCOCCOCC2)n1. The molecule has 2 aromatic rings. The number of aromatic carboxylic acids is 1. The molecule has 0 aromatic carbocycles. The maximum absolute atomic E-state index is 11.8. The van der Waals surface area contributed by atoms with Crippen LogP contribution in [0.5, 0.6) is 0 Å². The zero-order chi connectivity index (χ0) is 28.6. The fourth-order valence-electron chi connectivity index (χ4n) is 4.00. The average Bonchev–Trinajstić information content (AvgIpc) is 2.94. The molecule has 0 spiro atoms. The molecule has 13 nitrogen and oxygen atoms in total. The number of esters is 1. The van der Waals surface area contributed by atoms with Gasteiger partial charge in [0.15, 0.2) is 5.69 Å². The number of carbonyl (C=O) groups excluding carboxylic acids is 1. The molecule has 3 rings (SSSR count). The van der Waals surface area contributed by atoms with Crippen molar-refractivity contribution in [1.82, 2.24) is 19.8 Å². The summed E-state index contributed by atoms with van der Waals surface area (Å²) in [6.07, 6.45) is 0. The van der Waals surface area contributed by atoms with E-state index in [1.165, 1.54) is 13.2 Å². The Hall–Kier alpha value is -3.20. The maximum atomic E-state index is 11.8. The summed E-state index contributed by atoms with van der Waals surface area (Å²) in [5.74, 6) is -1.59. The van der Waals surface area contributed by atoms with Gasteiger partial charge in [0.2, 0.25) is 0 Å². The van der Waals surface area contributed by atoms with Gasteiger partial charge in [-0.05, 0) is 24.3 Å². The Morgan fingerprint density at radius 1 is 0.800 bits per heavy atom. The molecular weight excluding hydrogens is 522 g/mol. The van der Waals surface area contributed by atoms with Crippen molar-refractivity contribution < 1.29 is 38.4 Å². The number of ether oxygens (including phenoxy) is 5. The highest BCUT2D eigenvalue weighted by molar-refractivity contribution is 5.87. The Bertz CT molecular complexity index is 1050. The Balaban J connectivity index is 1.50. The first-order valence-corrected chi connectivity index (χ1v) is 13.2. The molecule has 2 aromatic heterocycles. The molecule has 1 fully saturated rings. The number of anilines is 1. The lowest BCUT2D eigenvalue weighted by Crippen LogP contribution is -2.33. The van der Waals surface area contributed by atoms with Crippen molar-refractivity contribution in [2.24, 2.45) is 0 Å². The Kier molecular flexibility index (Phi) is 13.7. The maximum Gasteiger partial charge on any atom is 0.356 e. The van der Waals surface area contributed by atoms with E-state index in [1.807, 2.05) is 6.07 Å². The molecule has 0 radical (unpaired) electrons. The van der Waals surface area contributed by atoms with E-state index in [1.54, 1.807) is 18.2 Å². The van der Waals surface area contributed by atoms with Crippen LogP contribution in [0, 0.1) is 0 Å². The van der Waals surface area contributed by atoms with Gasteiger partial charge < -0.3 is 34.5 Å². The average molecular weight is 562 g/mol. The van der Waals surface area contributed by atoms with E-state index in [-0.39, 0.29) is 11.4 Å². The van der Waals surface area contributed by atoms with Gasteiger partial charge in [-0.1, -0.05) is 6.07 Å². The number of nitrogen functional groups attached to an aromatic ring is 1. The number of carbonyl (C=O) groups is 2. The van der Waals surface area contributed by atoms with Crippen molar-refractivity contribution in [2.45, 2.75) is 13.1 Å². The van der Waals surface area contributed by atoms with Crippen molar-refractivity contribution in [3.63, 3.8) is 0 Å². The zero-order valence-corrected chi connectivity index (χ0v) is 23.0. The van der Waals surface area contributed by atoms with E-state index in [0.29, 0.717) is 104 Å². The second-order valence-corrected chi connectivity index (χ2v) is 9.09. The van der Waals surface area contributed by atoms with E-state index in [4.69, 9.17) is 29.4 Å². The molecular formula is C27H39N5O8. The normalized spacial score (nSPS) is 17.9. The zero-order valence-electron chi connectivity index (χ0n) is 23.0. The van der Waals surface area contributed by atoms with Gasteiger partial charge in [0.1, 0.15) is 5.69 Å². The Morgan fingerprint density at radius 2 is 1.30 bits per heavy atom. The number of rotatable bonds is 6. The third-order valence-corrected chi connectivity index (χ3v) is 6.04. The highest BCUT2D eigenvalue weighted by atomic mass is 16.5. The number of aromatic nitrogens is 2. The van der Waals surface area contributed by atoms with Gasteiger partial charge in [-0.25, -0.2) is 19.6 Å². The van der Waals surface area contributed by atoms with Crippen molar-refractivity contribution in [1.29, 1.82) is 0 Å². The summed E-state index contributed by atoms with van der Waals surface area (Å²) in [6, 6.07) is 8.31. The van der Waals surface area contributed by atoms with Gasteiger partial charge in [0, 0.05) is 45.0 Å². The number of nitrogens with zero attached hydrogens (tertiary/aromatic N) is 4. The predicted octanol–water partition coefficient (Wildman–Crippen LogP) is 0.928. The summed E-state index contributed by atoms with van der Waals surface area (Å²) in [4.78, 5) is 36.0. The summed E-state index contributed by atoms with van der Waals surface area (Å²) in [6.45, 7) is 7.18. The van der Waals surface area contributed by atoms with E-state index in [2.05, 4.69) is 19.8 Å². The third kappa shape index (κ3) is 11.5. The first kappa shape index (κ1) is 31.3. The summed E-state index contributed by atoms with van der Waals surface area (Å²) < 4.78 is 27.9. The van der Waals surface area contributed by atoms with E-state index < -0.39 is 11.9 Å².